The van der Waals surface area contributed by atoms with Crippen LogP contribution in [-0.4, -0.2) is 29.2 Å². The van der Waals surface area contributed by atoms with Crippen LogP contribution in [0.15, 0.2) is 0 Å². The second kappa shape index (κ2) is 5.89. The van der Waals surface area contributed by atoms with Gasteiger partial charge < -0.3 is 15.7 Å². The number of hydrogen-bond donors (Lipinski definition) is 3. The first kappa shape index (κ1) is 13.8. The van der Waals surface area contributed by atoms with Crippen LogP contribution in [0.25, 0.3) is 0 Å². The lowest BCUT2D eigenvalue weighted by Crippen LogP contribution is -2.55. The zero-order chi connectivity index (χ0) is 12.9. The van der Waals surface area contributed by atoms with Gasteiger partial charge in [-0.1, -0.05) is 19.8 Å². The van der Waals surface area contributed by atoms with Crippen molar-refractivity contribution < 1.29 is 14.7 Å². The van der Waals surface area contributed by atoms with Gasteiger partial charge in [-0.3, -0.25) is 0 Å². The number of carboxylic acid groups (broad SMARTS) is 1. The summed E-state index contributed by atoms with van der Waals surface area (Å²) < 4.78 is 0. The lowest BCUT2D eigenvalue weighted by atomic mass is 10.00. The molecule has 0 saturated heterocycles. The van der Waals surface area contributed by atoms with E-state index < -0.39 is 11.5 Å². The maximum absolute atomic E-state index is 11.6. The number of urea groups is 1. The van der Waals surface area contributed by atoms with Crippen LogP contribution in [0.5, 0.6) is 0 Å². The van der Waals surface area contributed by atoms with E-state index in [0.717, 1.165) is 12.8 Å². The highest BCUT2D eigenvalue weighted by Gasteiger charge is 2.32. The third kappa shape index (κ3) is 3.91. The van der Waals surface area contributed by atoms with E-state index in [1.54, 1.807) is 6.92 Å². The Morgan fingerprint density at radius 1 is 1.35 bits per heavy atom. The zero-order valence-corrected chi connectivity index (χ0v) is 10.6. The average molecular weight is 242 g/mol. The molecule has 0 radical (unpaired) electrons. The maximum atomic E-state index is 11.6. The molecule has 1 rings (SSSR count). The third-order valence-corrected chi connectivity index (χ3v) is 3.59. The topological polar surface area (TPSA) is 78.4 Å². The van der Waals surface area contributed by atoms with Gasteiger partial charge >= 0.3 is 12.0 Å². The van der Waals surface area contributed by atoms with E-state index in [0.29, 0.717) is 18.9 Å². The van der Waals surface area contributed by atoms with E-state index in [-0.39, 0.29) is 6.03 Å². The van der Waals surface area contributed by atoms with E-state index in [9.17, 15) is 9.59 Å². The first-order chi connectivity index (χ1) is 7.98. The van der Waals surface area contributed by atoms with Gasteiger partial charge in [0.1, 0.15) is 5.54 Å². The largest absolute Gasteiger partial charge is 0.480 e. The van der Waals surface area contributed by atoms with Crippen molar-refractivity contribution in [1.29, 1.82) is 0 Å². The predicted octanol–water partition coefficient (Wildman–Crippen LogP) is 1.73. The first-order valence-corrected chi connectivity index (χ1v) is 6.27. The van der Waals surface area contributed by atoms with Crippen molar-refractivity contribution in [2.75, 3.05) is 6.54 Å². The standard InChI is InChI=1S/C12H22N2O3/c1-3-12(2,10(15)16)14-11(17)13-8-9-6-4-5-7-9/h9H,3-8H2,1-2H3,(H,15,16)(H2,13,14,17). The Balaban J connectivity index is 2.34. The predicted molar refractivity (Wildman–Crippen MR) is 64.8 cm³/mol. The molecule has 0 aliphatic heterocycles. The Kier molecular flexibility index (Phi) is 4.78. The quantitative estimate of drug-likeness (QED) is 0.687. The van der Waals surface area contributed by atoms with Crippen LogP contribution in [0.4, 0.5) is 4.79 Å². The summed E-state index contributed by atoms with van der Waals surface area (Å²) in [7, 11) is 0. The van der Waals surface area contributed by atoms with Crippen molar-refractivity contribution >= 4 is 12.0 Å². The second-order valence-corrected chi connectivity index (χ2v) is 4.98. The fraction of sp³-hybridized carbons (Fsp3) is 0.833. The number of carboxylic acids is 1. The summed E-state index contributed by atoms with van der Waals surface area (Å²) in [4.78, 5) is 22.6. The van der Waals surface area contributed by atoms with Crippen LogP contribution in [0, 0.1) is 5.92 Å². The number of hydrogen-bond acceptors (Lipinski definition) is 2. The SMILES string of the molecule is CCC(C)(NC(=O)NCC1CCCC1)C(=O)O. The highest BCUT2D eigenvalue weighted by molar-refractivity contribution is 5.85. The van der Waals surface area contributed by atoms with Crippen LogP contribution in [0.1, 0.15) is 46.0 Å². The molecule has 0 aromatic rings. The molecule has 0 aromatic heterocycles. The molecule has 0 spiro atoms. The number of aliphatic carboxylic acids is 1. The Labute approximate surface area is 102 Å². The van der Waals surface area contributed by atoms with E-state index in [1.165, 1.54) is 19.8 Å². The fourth-order valence-electron chi connectivity index (χ4n) is 2.04. The van der Waals surface area contributed by atoms with Crippen molar-refractivity contribution in [2.45, 2.75) is 51.5 Å². The van der Waals surface area contributed by atoms with Crippen molar-refractivity contribution in [2.24, 2.45) is 5.92 Å². The summed E-state index contributed by atoms with van der Waals surface area (Å²) in [6.45, 7) is 3.90. The van der Waals surface area contributed by atoms with Crippen LogP contribution in [0.2, 0.25) is 0 Å². The molecule has 2 amide bonds. The maximum Gasteiger partial charge on any atom is 0.329 e. The molecule has 0 bridgehead atoms. The summed E-state index contributed by atoms with van der Waals surface area (Å²) in [5.74, 6) is -0.450. The number of rotatable bonds is 5. The summed E-state index contributed by atoms with van der Waals surface area (Å²) >= 11 is 0. The molecule has 5 nitrogen and oxygen atoms in total. The van der Waals surface area contributed by atoms with Gasteiger partial charge in [0.2, 0.25) is 0 Å². The number of carbonyl (C=O) groups excluding carboxylic acids is 1. The average Bonchev–Trinajstić information content (AvgIpc) is 2.78. The minimum atomic E-state index is -1.18. The van der Waals surface area contributed by atoms with Gasteiger partial charge in [-0.2, -0.15) is 0 Å². The summed E-state index contributed by atoms with van der Waals surface area (Å²) in [6, 6.07) is -0.386. The summed E-state index contributed by atoms with van der Waals surface area (Å²) in [5, 5.41) is 14.3. The minimum absolute atomic E-state index is 0.360. The van der Waals surface area contributed by atoms with Crippen LogP contribution in [0.3, 0.4) is 0 Å². The summed E-state index contributed by atoms with van der Waals surface area (Å²) in [6.07, 6.45) is 5.14. The van der Waals surface area contributed by atoms with Crippen molar-refractivity contribution in [3.8, 4) is 0 Å². The molecule has 0 heterocycles. The Bertz CT molecular complexity index is 287. The van der Waals surface area contributed by atoms with Crippen LogP contribution < -0.4 is 10.6 Å². The Hall–Kier alpha value is -1.26. The molecular formula is C12H22N2O3. The lowest BCUT2D eigenvalue weighted by molar-refractivity contribution is -0.143. The van der Waals surface area contributed by atoms with Gasteiger partial charge in [-0.05, 0) is 32.1 Å². The molecule has 5 heteroatoms. The molecule has 0 aromatic carbocycles. The van der Waals surface area contributed by atoms with E-state index in [2.05, 4.69) is 10.6 Å². The van der Waals surface area contributed by atoms with Gasteiger partial charge in [-0.25, -0.2) is 9.59 Å². The smallest absolute Gasteiger partial charge is 0.329 e. The highest BCUT2D eigenvalue weighted by atomic mass is 16.4. The fourth-order valence-corrected chi connectivity index (χ4v) is 2.04. The Morgan fingerprint density at radius 2 is 1.94 bits per heavy atom. The van der Waals surface area contributed by atoms with Gasteiger partial charge in [0.25, 0.3) is 0 Å². The summed E-state index contributed by atoms with van der Waals surface area (Å²) in [5.41, 5.74) is -1.18. The minimum Gasteiger partial charge on any atom is -0.480 e. The molecule has 1 atom stereocenters. The van der Waals surface area contributed by atoms with Gasteiger partial charge in [0, 0.05) is 6.54 Å². The number of carbonyl (C=O) groups is 2. The lowest BCUT2D eigenvalue weighted by Gasteiger charge is -2.25. The van der Waals surface area contributed by atoms with Crippen molar-refractivity contribution in [3.63, 3.8) is 0 Å². The van der Waals surface area contributed by atoms with Gasteiger partial charge in [0.05, 0.1) is 0 Å². The molecule has 1 saturated carbocycles. The number of amides is 2. The van der Waals surface area contributed by atoms with Crippen molar-refractivity contribution in [3.05, 3.63) is 0 Å². The van der Waals surface area contributed by atoms with E-state index in [4.69, 9.17) is 5.11 Å². The molecule has 1 aliphatic rings. The molecular weight excluding hydrogens is 220 g/mol. The molecule has 17 heavy (non-hydrogen) atoms. The van der Waals surface area contributed by atoms with Crippen molar-refractivity contribution in [1.82, 2.24) is 10.6 Å². The van der Waals surface area contributed by atoms with E-state index >= 15 is 0 Å². The van der Waals surface area contributed by atoms with Crippen LogP contribution in [-0.2, 0) is 4.79 Å². The zero-order valence-electron chi connectivity index (χ0n) is 10.6. The number of nitrogens with one attached hydrogen (secondary N) is 2. The van der Waals surface area contributed by atoms with Crippen LogP contribution >= 0.6 is 0 Å². The third-order valence-electron chi connectivity index (χ3n) is 3.59. The highest BCUT2D eigenvalue weighted by Crippen LogP contribution is 2.23. The molecule has 3 N–H and O–H groups in total. The van der Waals surface area contributed by atoms with Gasteiger partial charge in [-0.15, -0.1) is 0 Å². The Morgan fingerprint density at radius 3 is 2.41 bits per heavy atom. The van der Waals surface area contributed by atoms with Gasteiger partial charge in [0.15, 0.2) is 0 Å². The second-order valence-electron chi connectivity index (χ2n) is 4.98. The molecule has 1 fully saturated rings. The van der Waals surface area contributed by atoms with E-state index in [1.807, 2.05) is 0 Å². The normalized spacial score (nSPS) is 19.6. The molecule has 98 valence electrons. The first-order valence-electron chi connectivity index (χ1n) is 6.27. The molecule has 1 unspecified atom stereocenters. The molecule has 1 aliphatic carbocycles. The monoisotopic (exact) mass is 242 g/mol.